The zero-order valence-corrected chi connectivity index (χ0v) is 17.3. The van der Waals surface area contributed by atoms with E-state index in [-0.39, 0.29) is 17.8 Å². The van der Waals surface area contributed by atoms with Gasteiger partial charge in [0.1, 0.15) is 23.2 Å². The van der Waals surface area contributed by atoms with Crippen LogP contribution in [0, 0.1) is 11.6 Å². The summed E-state index contributed by atoms with van der Waals surface area (Å²) in [7, 11) is 1.79. The number of fused-ring (bicyclic) bond motifs is 2. The van der Waals surface area contributed by atoms with Crippen LogP contribution in [0.25, 0.3) is 0 Å². The number of carbonyl (C=O) groups is 1. The molecule has 4 heterocycles. The van der Waals surface area contributed by atoms with Gasteiger partial charge in [-0.3, -0.25) is 9.78 Å². The lowest BCUT2D eigenvalue weighted by Crippen LogP contribution is -2.51. The third-order valence-corrected chi connectivity index (χ3v) is 6.41. The highest BCUT2D eigenvalue weighted by molar-refractivity contribution is 5.90. The molecular formula is C22H24F2N4O3. The van der Waals surface area contributed by atoms with Crippen LogP contribution in [-0.2, 0) is 21.5 Å². The molecule has 3 aliphatic heterocycles. The van der Waals surface area contributed by atoms with Gasteiger partial charge >= 0.3 is 0 Å². The lowest BCUT2D eigenvalue weighted by molar-refractivity contribution is -0.138. The highest BCUT2D eigenvalue weighted by Gasteiger charge is 2.51. The van der Waals surface area contributed by atoms with E-state index in [1.807, 2.05) is 0 Å². The predicted octanol–water partition coefficient (Wildman–Crippen LogP) is 2.43. The minimum atomic E-state index is -0.743. The number of piperidine rings is 1. The number of halogens is 2. The number of anilines is 1. The van der Waals surface area contributed by atoms with Crippen LogP contribution in [0.15, 0.2) is 24.4 Å². The van der Waals surface area contributed by atoms with E-state index in [2.05, 4.69) is 9.88 Å². The van der Waals surface area contributed by atoms with E-state index in [1.54, 1.807) is 18.1 Å². The Hall–Kier alpha value is -2.81. The molecule has 0 N–H and O–H groups in total. The minimum absolute atomic E-state index is 0.0392. The van der Waals surface area contributed by atoms with Crippen molar-refractivity contribution in [2.45, 2.75) is 37.3 Å². The summed E-state index contributed by atoms with van der Waals surface area (Å²) in [5, 5.41) is 0. The smallest absolute Gasteiger partial charge is 0.237 e. The van der Waals surface area contributed by atoms with Gasteiger partial charge in [-0.1, -0.05) is 0 Å². The molecule has 1 aromatic carbocycles. The van der Waals surface area contributed by atoms with Gasteiger partial charge in [0, 0.05) is 45.7 Å². The van der Waals surface area contributed by atoms with Gasteiger partial charge < -0.3 is 19.3 Å². The quantitative estimate of drug-likeness (QED) is 0.745. The zero-order chi connectivity index (χ0) is 21.6. The van der Waals surface area contributed by atoms with Crippen molar-refractivity contribution in [2.75, 3.05) is 38.3 Å². The van der Waals surface area contributed by atoms with Crippen LogP contribution in [0.1, 0.15) is 30.7 Å². The molecule has 31 heavy (non-hydrogen) atoms. The number of ether oxygens (including phenoxy) is 2. The molecule has 0 bridgehead atoms. The van der Waals surface area contributed by atoms with Crippen LogP contribution >= 0.6 is 0 Å². The average Bonchev–Trinajstić information content (AvgIpc) is 3.26. The fourth-order valence-electron chi connectivity index (χ4n) is 4.69. The Morgan fingerprint density at radius 1 is 1.26 bits per heavy atom. The number of nitrogens with zero attached hydrogens (tertiary/aromatic N) is 4. The lowest BCUT2D eigenvalue weighted by Gasteiger charge is -2.38. The maximum absolute atomic E-state index is 13.9. The Morgan fingerprint density at radius 3 is 2.77 bits per heavy atom. The van der Waals surface area contributed by atoms with Crippen molar-refractivity contribution in [3.8, 4) is 5.75 Å². The van der Waals surface area contributed by atoms with Crippen LogP contribution in [0.2, 0.25) is 0 Å². The zero-order valence-electron chi connectivity index (χ0n) is 17.3. The summed E-state index contributed by atoms with van der Waals surface area (Å²) in [5.74, 6) is -0.479. The van der Waals surface area contributed by atoms with E-state index in [0.717, 1.165) is 23.3 Å². The van der Waals surface area contributed by atoms with Crippen molar-refractivity contribution >= 4 is 11.7 Å². The van der Waals surface area contributed by atoms with Gasteiger partial charge in [-0.15, -0.1) is 0 Å². The Labute approximate surface area is 179 Å². The van der Waals surface area contributed by atoms with E-state index in [9.17, 15) is 13.6 Å². The first-order valence-corrected chi connectivity index (χ1v) is 10.5. The van der Waals surface area contributed by atoms with Gasteiger partial charge in [0.25, 0.3) is 0 Å². The Bertz CT molecular complexity index is 1000. The first-order chi connectivity index (χ1) is 15.0. The number of amides is 1. The van der Waals surface area contributed by atoms with Crippen molar-refractivity contribution in [1.29, 1.82) is 0 Å². The first-order valence-electron chi connectivity index (χ1n) is 10.5. The van der Waals surface area contributed by atoms with Gasteiger partial charge in [0.15, 0.2) is 11.6 Å². The molecule has 9 heteroatoms. The summed E-state index contributed by atoms with van der Waals surface area (Å²) in [6.45, 7) is 2.65. The maximum atomic E-state index is 13.9. The molecular weight excluding hydrogens is 406 g/mol. The Morgan fingerprint density at radius 2 is 2.06 bits per heavy atom. The highest BCUT2D eigenvalue weighted by Crippen LogP contribution is 2.39. The largest absolute Gasteiger partial charge is 0.487 e. The molecule has 1 spiro atoms. The maximum Gasteiger partial charge on any atom is 0.237 e. The van der Waals surface area contributed by atoms with E-state index < -0.39 is 17.0 Å². The molecule has 3 aliphatic rings. The molecule has 5 rings (SSSR count). The summed E-state index contributed by atoms with van der Waals surface area (Å²) in [5.41, 5.74) is 0.811. The fourth-order valence-corrected chi connectivity index (χ4v) is 4.69. The van der Waals surface area contributed by atoms with Crippen molar-refractivity contribution in [3.63, 3.8) is 0 Å². The van der Waals surface area contributed by atoms with Crippen molar-refractivity contribution in [1.82, 2.24) is 14.9 Å². The molecule has 0 aliphatic carbocycles. The third kappa shape index (κ3) is 3.50. The van der Waals surface area contributed by atoms with Crippen LogP contribution in [0.4, 0.5) is 14.6 Å². The van der Waals surface area contributed by atoms with Gasteiger partial charge in [-0.2, -0.15) is 0 Å². The molecule has 2 fully saturated rings. The Balaban J connectivity index is 1.31. The number of benzene rings is 1. The third-order valence-electron chi connectivity index (χ3n) is 6.41. The van der Waals surface area contributed by atoms with Crippen LogP contribution in [0.5, 0.6) is 5.75 Å². The van der Waals surface area contributed by atoms with E-state index in [0.29, 0.717) is 52.1 Å². The van der Waals surface area contributed by atoms with Gasteiger partial charge in [0.05, 0.1) is 30.7 Å². The van der Waals surface area contributed by atoms with Gasteiger partial charge in [0.2, 0.25) is 5.91 Å². The summed E-state index contributed by atoms with van der Waals surface area (Å²) >= 11 is 0. The summed E-state index contributed by atoms with van der Waals surface area (Å²) in [6.07, 6.45) is 3.55. The minimum Gasteiger partial charge on any atom is -0.487 e. The second-order valence-corrected chi connectivity index (χ2v) is 8.45. The van der Waals surface area contributed by atoms with Gasteiger partial charge in [-0.05, 0) is 18.6 Å². The van der Waals surface area contributed by atoms with E-state index in [1.165, 1.54) is 12.1 Å². The topological polar surface area (TPSA) is 67.8 Å². The van der Waals surface area contributed by atoms with Crippen LogP contribution in [0.3, 0.4) is 0 Å². The standard InChI is InChI=1S/C22H24F2N4O3/c1-27-12-17-20(22(21(27)29)6-9-30-13-22)26-19(11-25-17)28-7-4-15(5-8-28)31-18-3-2-14(23)10-16(18)24/h2-3,10-11,15H,4-9,12-13H2,1H3. The van der Waals surface area contributed by atoms with Crippen molar-refractivity contribution in [3.05, 3.63) is 47.4 Å². The van der Waals surface area contributed by atoms with Gasteiger partial charge in [-0.25, -0.2) is 13.8 Å². The normalized spacial score (nSPS) is 24.0. The van der Waals surface area contributed by atoms with E-state index >= 15 is 0 Å². The van der Waals surface area contributed by atoms with E-state index in [4.69, 9.17) is 14.5 Å². The molecule has 7 nitrogen and oxygen atoms in total. The number of rotatable bonds is 3. The summed E-state index contributed by atoms with van der Waals surface area (Å²) in [4.78, 5) is 26.3. The fraction of sp³-hybridized carbons (Fsp3) is 0.500. The second-order valence-electron chi connectivity index (χ2n) is 8.45. The lowest BCUT2D eigenvalue weighted by atomic mass is 9.78. The number of hydrogen-bond donors (Lipinski definition) is 0. The monoisotopic (exact) mass is 430 g/mol. The Kier molecular flexibility index (Phi) is 5.00. The molecule has 1 atom stereocenters. The number of carbonyl (C=O) groups excluding carboxylic acids is 1. The predicted molar refractivity (Wildman–Crippen MR) is 108 cm³/mol. The first kappa shape index (κ1) is 20.1. The molecule has 1 aromatic heterocycles. The molecule has 1 unspecified atom stereocenters. The average molecular weight is 430 g/mol. The number of hydrogen-bond acceptors (Lipinski definition) is 6. The number of likely N-dealkylation sites (N-methyl/N-ethyl adjacent to an activating group) is 1. The molecule has 0 saturated carbocycles. The number of aromatic nitrogens is 2. The molecule has 164 valence electrons. The molecule has 2 aromatic rings. The van der Waals surface area contributed by atoms with Crippen LogP contribution in [-0.4, -0.2) is 60.2 Å². The molecule has 1 amide bonds. The summed E-state index contributed by atoms with van der Waals surface area (Å²) < 4.78 is 38.3. The highest BCUT2D eigenvalue weighted by atomic mass is 19.1. The second kappa shape index (κ2) is 7.71. The van der Waals surface area contributed by atoms with Crippen molar-refractivity contribution in [2.24, 2.45) is 0 Å². The van der Waals surface area contributed by atoms with Crippen LogP contribution < -0.4 is 9.64 Å². The van der Waals surface area contributed by atoms with Crippen molar-refractivity contribution < 1.29 is 23.0 Å². The summed E-state index contributed by atoms with van der Waals surface area (Å²) in [6, 6.07) is 3.34. The molecule has 2 saturated heterocycles. The SMILES string of the molecule is CN1Cc2ncc(N3CCC(Oc4ccc(F)cc4F)CC3)nc2C2(CCOC2)C1=O. The molecule has 0 radical (unpaired) electrons.